The van der Waals surface area contributed by atoms with Crippen molar-refractivity contribution in [1.29, 1.82) is 0 Å². The Kier molecular flexibility index (Phi) is 3.82. The van der Waals surface area contributed by atoms with E-state index >= 15 is 0 Å². The third-order valence-electron chi connectivity index (χ3n) is 2.67. The predicted molar refractivity (Wildman–Crippen MR) is 67.8 cm³/mol. The zero-order chi connectivity index (χ0) is 13.0. The third kappa shape index (κ3) is 3.00. The van der Waals surface area contributed by atoms with Crippen LogP contribution in [0, 0.1) is 0 Å². The van der Waals surface area contributed by atoms with Gasteiger partial charge in [0.1, 0.15) is 5.75 Å². The van der Waals surface area contributed by atoms with Crippen molar-refractivity contribution in [3.05, 3.63) is 23.8 Å². The Bertz CT molecular complexity index is 456. The minimum atomic E-state index is -0.101. The number of ether oxygens (including phenoxy) is 1. The molecule has 1 aromatic rings. The van der Waals surface area contributed by atoms with Crippen LogP contribution in [0.5, 0.6) is 5.75 Å². The lowest BCUT2D eigenvalue weighted by Crippen LogP contribution is -2.25. The van der Waals surface area contributed by atoms with E-state index in [-0.39, 0.29) is 5.91 Å². The van der Waals surface area contributed by atoms with Gasteiger partial charge in [-0.1, -0.05) is 0 Å². The predicted octanol–water partition coefficient (Wildman–Crippen LogP) is 1.55. The van der Waals surface area contributed by atoms with Gasteiger partial charge >= 0.3 is 0 Å². The number of rotatable bonds is 6. The molecule has 1 aliphatic carbocycles. The highest BCUT2D eigenvalue weighted by atomic mass is 16.5. The smallest absolute Gasteiger partial charge is 0.251 e. The molecule has 2 amide bonds. The largest absolute Gasteiger partial charge is 0.492 e. The van der Waals surface area contributed by atoms with Crippen molar-refractivity contribution in [2.24, 2.45) is 0 Å². The zero-order valence-electron chi connectivity index (χ0n) is 10.2. The molecule has 0 unspecified atom stereocenters. The Hall–Kier alpha value is -2.04. The first-order valence-electron chi connectivity index (χ1n) is 6.02. The van der Waals surface area contributed by atoms with Crippen LogP contribution in [0.3, 0.4) is 0 Å². The topological polar surface area (TPSA) is 67.4 Å². The highest BCUT2D eigenvalue weighted by Crippen LogP contribution is 2.26. The maximum Gasteiger partial charge on any atom is 0.251 e. The molecular formula is C13H16N2O3. The molecule has 0 atom stereocenters. The van der Waals surface area contributed by atoms with Crippen LogP contribution in [0.2, 0.25) is 0 Å². The van der Waals surface area contributed by atoms with Gasteiger partial charge in [0.05, 0.1) is 12.3 Å². The van der Waals surface area contributed by atoms with Crippen LogP contribution in [0.25, 0.3) is 0 Å². The summed E-state index contributed by atoms with van der Waals surface area (Å²) >= 11 is 0. The monoisotopic (exact) mass is 248 g/mol. The van der Waals surface area contributed by atoms with E-state index in [1.54, 1.807) is 18.2 Å². The van der Waals surface area contributed by atoms with E-state index < -0.39 is 0 Å². The molecule has 1 aliphatic rings. The highest BCUT2D eigenvalue weighted by molar-refractivity contribution is 5.96. The highest BCUT2D eigenvalue weighted by Gasteiger charge is 2.24. The van der Waals surface area contributed by atoms with Gasteiger partial charge in [0.25, 0.3) is 5.91 Å². The second-order valence-electron chi connectivity index (χ2n) is 4.15. The molecule has 0 saturated heterocycles. The first kappa shape index (κ1) is 12.4. The summed E-state index contributed by atoms with van der Waals surface area (Å²) in [6.45, 7) is 2.32. The van der Waals surface area contributed by atoms with Gasteiger partial charge in [-0.05, 0) is 38.0 Å². The summed E-state index contributed by atoms with van der Waals surface area (Å²) in [6.07, 6.45) is 2.69. The number of hydrogen-bond donors (Lipinski definition) is 2. The fourth-order valence-electron chi connectivity index (χ4n) is 1.62. The average molecular weight is 248 g/mol. The van der Waals surface area contributed by atoms with Crippen molar-refractivity contribution >= 4 is 18.0 Å². The zero-order valence-corrected chi connectivity index (χ0v) is 10.2. The van der Waals surface area contributed by atoms with Crippen LogP contribution in [0.1, 0.15) is 30.1 Å². The molecule has 1 fully saturated rings. The van der Waals surface area contributed by atoms with Crippen LogP contribution >= 0.6 is 0 Å². The molecule has 2 N–H and O–H groups in total. The van der Waals surface area contributed by atoms with Crippen molar-refractivity contribution in [2.75, 3.05) is 11.9 Å². The lowest BCUT2D eigenvalue weighted by Gasteiger charge is -2.11. The molecule has 5 heteroatoms. The summed E-state index contributed by atoms with van der Waals surface area (Å²) in [6, 6.07) is 5.31. The fraction of sp³-hybridized carbons (Fsp3) is 0.385. The number of carbonyl (C=O) groups is 2. The fourth-order valence-corrected chi connectivity index (χ4v) is 1.62. The van der Waals surface area contributed by atoms with Gasteiger partial charge in [0, 0.05) is 11.6 Å². The Morgan fingerprint density at radius 3 is 2.89 bits per heavy atom. The molecular weight excluding hydrogens is 232 g/mol. The van der Waals surface area contributed by atoms with Crippen molar-refractivity contribution < 1.29 is 14.3 Å². The minimum absolute atomic E-state index is 0.101. The number of carbonyl (C=O) groups excluding carboxylic acids is 2. The second kappa shape index (κ2) is 5.53. The molecule has 96 valence electrons. The van der Waals surface area contributed by atoms with E-state index in [1.807, 2.05) is 6.92 Å². The molecule has 2 rings (SSSR count). The molecule has 1 saturated carbocycles. The summed E-state index contributed by atoms with van der Waals surface area (Å²) in [5, 5.41) is 5.45. The summed E-state index contributed by atoms with van der Waals surface area (Å²) < 4.78 is 5.40. The maximum atomic E-state index is 11.9. The number of amides is 2. The van der Waals surface area contributed by atoms with Crippen LogP contribution in [-0.4, -0.2) is 25.0 Å². The van der Waals surface area contributed by atoms with E-state index in [1.165, 1.54) is 0 Å². The molecule has 0 radical (unpaired) electrons. The van der Waals surface area contributed by atoms with Gasteiger partial charge in [-0.3, -0.25) is 9.59 Å². The Labute approximate surface area is 106 Å². The van der Waals surface area contributed by atoms with Crippen molar-refractivity contribution in [1.82, 2.24) is 5.32 Å². The lowest BCUT2D eigenvalue weighted by atomic mass is 10.1. The Balaban J connectivity index is 2.17. The summed E-state index contributed by atoms with van der Waals surface area (Å²) in [5.74, 6) is 0.407. The number of hydrogen-bond acceptors (Lipinski definition) is 3. The van der Waals surface area contributed by atoms with Crippen molar-refractivity contribution in [2.45, 2.75) is 25.8 Å². The average Bonchev–Trinajstić information content (AvgIpc) is 3.16. The molecule has 18 heavy (non-hydrogen) atoms. The van der Waals surface area contributed by atoms with E-state index in [4.69, 9.17) is 4.74 Å². The summed E-state index contributed by atoms with van der Waals surface area (Å²) in [4.78, 5) is 22.3. The van der Waals surface area contributed by atoms with Crippen LogP contribution in [-0.2, 0) is 4.79 Å². The van der Waals surface area contributed by atoms with Crippen LogP contribution in [0.15, 0.2) is 18.2 Å². The maximum absolute atomic E-state index is 11.9. The number of nitrogens with one attached hydrogen (secondary N) is 2. The molecule has 0 aliphatic heterocycles. The quantitative estimate of drug-likeness (QED) is 0.750. The van der Waals surface area contributed by atoms with Crippen molar-refractivity contribution in [3.63, 3.8) is 0 Å². The Morgan fingerprint density at radius 1 is 1.50 bits per heavy atom. The van der Waals surface area contributed by atoms with Gasteiger partial charge in [-0.2, -0.15) is 0 Å². The van der Waals surface area contributed by atoms with Crippen LogP contribution < -0.4 is 15.4 Å². The SMILES string of the molecule is CCOc1cc(C(=O)NC2CC2)ccc1NC=O. The normalized spacial score (nSPS) is 13.8. The van der Waals surface area contributed by atoms with Crippen LogP contribution in [0.4, 0.5) is 5.69 Å². The van der Waals surface area contributed by atoms with E-state index in [0.717, 1.165) is 12.8 Å². The minimum Gasteiger partial charge on any atom is -0.492 e. The molecule has 0 spiro atoms. The first-order chi connectivity index (χ1) is 8.74. The van der Waals surface area contributed by atoms with Gasteiger partial charge in [-0.25, -0.2) is 0 Å². The second-order valence-corrected chi connectivity index (χ2v) is 4.15. The summed E-state index contributed by atoms with van der Waals surface area (Å²) in [7, 11) is 0. The van der Waals surface area contributed by atoms with Gasteiger partial charge in [0.2, 0.25) is 6.41 Å². The van der Waals surface area contributed by atoms with E-state index in [0.29, 0.717) is 36.1 Å². The van der Waals surface area contributed by atoms with E-state index in [2.05, 4.69) is 10.6 Å². The Morgan fingerprint density at radius 2 is 2.28 bits per heavy atom. The molecule has 5 nitrogen and oxygen atoms in total. The van der Waals surface area contributed by atoms with Gasteiger partial charge in [-0.15, -0.1) is 0 Å². The number of anilines is 1. The van der Waals surface area contributed by atoms with Gasteiger partial charge < -0.3 is 15.4 Å². The summed E-state index contributed by atoms with van der Waals surface area (Å²) in [5.41, 5.74) is 1.11. The van der Waals surface area contributed by atoms with Gasteiger partial charge in [0.15, 0.2) is 0 Å². The standard InChI is InChI=1S/C13H16N2O3/c1-2-18-12-7-9(3-6-11(12)14-8-16)13(17)15-10-4-5-10/h3,6-8,10H,2,4-5H2,1H3,(H,14,16)(H,15,17). The molecule has 0 aromatic heterocycles. The number of benzene rings is 1. The van der Waals surface area contributed by atoms with Crippen molar-refractivity contribution in [3.8, 4) is 5.75 Å². The molecule has 1 aromatic carbocycles. The molecule has 0 heterocycles. The lowest BCUT2D eigenvalue weighted by molar-refractivity contribution is -0.105. The first-order valence-corrected chi connectivity index (χ1v) is 6.02. The molecule has 0 bridgehead atoms. The third-order valence-corrected chi connectivity index (χ3v) is 2.67. The van der Waals surface area contributed by atoms with E-state index in [9.17, 15) is 9.59 Å².